The lowest BCUT2D eigenvalue weighted by Crippen LogP contribution is -2.34. The molecule has 0 saturated heterocycles. The van der Waals surface area contributed by atoms with Crippen molar-refractivity contribution in [3.8, 4) is 5.75 Å². The standard InChI is InChI=1S/C38H35N3O5/c1-45-38(44)35(40-33-17-9-8-16-32(33)36(42)30-14-6-3-7-15-30)26-28-19-21-31(22-20-28)46-25-24-41(27-29-12-4-2-5-13-29)37(43)34-18-10-11-23-39-34/h2-23,35,40H,24-27H2,1H3/t35-/m0/s1. The third kappa shape index (κ3) is 8.45. The van der Waals surface area contributed by atoms with Gasteiger partial charge < -0.3 is 19.7 Å². The maximum atomic E-state index is 13.2. The summed E-state index contributed by atoms with van der Waals surface area (Å²) in [6.07, 6.45) is 1.93. The number of anilines is 1. The average molecular weight is 614 g/mol. The van der Waals surface area contributed by atoms with Gasteiger partial charge in [-0.25, -0.2) is 4.79 Å². The molecule has 0 aliphatic heterocycles. The van der Waals surface area contributed by atoms with Crippen molar-refractivity contribution in [3.63, 3.8) is 0 Å². The summed E-state index contributed by atoms with van der Waals surface area (Å²) in [5.41, 5.74) is 3.84. The van der Waals surface area contributed by atoms with E-state index < -0.39 is 12.0 Å². The number of ketones is 1. The number of methoxy groups -OCH3 is 1. The first-order valence-electron chi connectivity index (χ1n) is 15.0. The normalized spacial score (nSPS) is 11.2. The molecule has 4 aromatic carbocycles. The molecular weight excluding hydrogens is 578 g/mol. The minimum Gasteiger partial charge on any atom is -0.492 e. The quantitative estimate of drug-likeness (QED) is 0.117. The van der Waals surface area contributed by atoms with Crippen molar-refractivity contribution in [2.75, 3.05) is 25.6 Å². The molecule has 0 radical (unpaired) electrons. The summed E-state index contributed by atoms with van der Waals surface area (Å²) >= 11 is 0. The van der Waals surface area contributed by atoms with Gasteiger partial charge in [0, 0.05) is 36.0 Å². The van der Waals surface area contributed by atoms with E-state index in [1.807, 2.05) is 78.9 Å². The molecule has 0 fully saturated rings. The Labute approximate surface area is 268 Å². The molecule has 0 aliphatic rings. The van der Waals surface area contributed by atoms with Gasteiger partial charge >= 0.3 is 5.97 Å². The molecule has 1 aromatic heterocycles. The molecule has 0 bridgehead atoms. The SMILES string of the molecule is COC(=O)[C@H](Cc1ccc(OCCN(Cc2ccccc2)C(=O)c2ccccn2)cc1)Nc1ccccc1C(=O)c1ccccc1. The van der Waals surface area contributed by atoms with E-state index in [2.05, 4.69) is 10.3 Å². The van der Waals surface area contributed by atoms with E-state index in [4.69, 9.17) is 9.47 Å². The smallest absolute Gasteiger partial charge is 0.328 e. The summed E-state index contributed by atoms with van der Waals surface area (Å²) in [7, 11) is 1.34. The number of ether oxygens (including phenoxy) is 2. The number of hydrogen-bond acceptors (Lipinski definition) is 7. The predicted molar refractivity (Wildman–Crippen MR) is 177 cm³/mol. The fraction of sp³-hybridized carbons (Fsp3) is 0.158. The zero-order valence-electron chi connectivity index (χ0n) is 25.5. The molecule has 0 aliphatic carbocycles. The zero-order valence-corrected chi connectivity index (χ0v) is 25.5. The Kier molecular flexibility index (Phi) is 10.9. The van der Waals surface area contributed by atoms with Crippen LogP contribution in [-0.4, -0.2) is 53.8 Å². The van der Waals surface area contributed by atoms with Gasteiger partial charge in [0.05, 0.1) is 13.7 Å². The van der Waals surface area contributed by atoms with Gasteiger partial charge in [0.2, 0.25) is 0 Å². The topological polar surface area (TPSA) is 97.8 Å². The fourth-order valence-electron chi connectivity index (χ4n) is 5.01. The van der Waals surface area contributed by atoms with Crippen LogP contribution in [0.15, 0.2) is 134 Å². The van der Waals surface area contributed by atoms with E-state index in [1.54, 1.807) is 59.6 Å². The lowest BCUT2D eigenvalue weighted by atomic mass is 10.00. The van der Waals surface area contributed by atoms with Gasteiger partial charge in [0.25, 0.3) is 5.91 Å². The van der Waals surface area contributed by atoms with Crippen LogP contribution in [0.5, 0.6) is 5.75 Å². The van der Waals surface area contributed by atoms with Crippen LogP contribution < -0.4 is 10.1 Å². The number of carbonyl (C=O) groups is 3. The van der Waals surface area contributed by atoms with Crippen molar-refractivity contribution < 1.29 is 23.9 Å². The van der Waals surface area contributed by atoms with Gasteiger partial charge in [-0.2, -0.15) is 0 Å². The first-order valence-corrected chi connectivity index (χ1v) is 15.0. The number of hydrogen-bond donors (Lipinski definition) is 1. The second kappa shape index (κ2) is 15.8. The Morgan fingerprint density at radius 1 is 0.761 bits per heavy atom. The molecule has 0 unspecified atom stereocenters. The fourth-order valence-corrected chi connectivity index (χ4v) is 5.01. The number of esters is 1. The van der Waals surface area contributed by atoms with Crippen molar-refractivity contribution >= 4 is 23.3 Å². The summed E-state index contributed by atoms with van der Waals surface area (Å²) < 4.78 is 11.1. The minimum atomic E-state index is -0.731. The first-order chi connectivity index (χ1) is 22.5. The number of rotatable bonds is 14. The van der Waals surface area contributed by atoms with Crippen molar-refractivity contribution in [3.05, 3.63) is 162 Å². The van der Waals surface area contributed by atoms with E-state index in [9.17, 15) is 14.4 Å². The van der Waals surface area contributed by atoms with Crippen molar-refractivity contribution in [2.24, 2.45) is 0 Å². The maximum absolute atomic E-state index is 13.2. The molecule has 8 heteroatoms. The molecule has 5 aromatic rings. The summed E-state index contributed by atoms with van der Waals surface area (Å²) in [5.74, 6) is -0.122. The second-order valence-electron chi connectivity index (χ2n) is 10.6. The van der Waals surface area contributed by atoms with Crippen LogP contribution >= 0.6 is 0 Å². The van der Waals surface area contributed by atoms with Crippen LogP contribution in [0, 0.1) is 0 Å². The number of benzene rings is 4. The highest BCUT2D eigenvalue weighted by Gasteiger charge is 2.23. The van der Waals surface area contributed by atoms with Crippen molar-refractivity contribution in [1.82, 2.24) is 9.88 Å². The number of aromatic nitrogens is 1. The third-order valence-corrected chi connectivity index (χ3v) is 7.40. The minimum absolute atomic E-state index is 0.141. The molecule has 46 heavy (non-hydrogen) atoms. The Balaban J connectivity index is 1.22. The van der Waals surface area contributed by atoms with Gasteiger partial charge in [-0.3, -0.25) is 14.6 Å². The molecule has 1 N–H and O–H groups in total. The molecule has 232 valence electrons. The van der Waals surface area contributed by atoms with Crippen LogP contribution in [0.2, 0.25) is 0 Å². The molecule has 1 heterocycles. The van der Waals surface area contributed by atoms with E-state index in [1.165, 1.54) is 7.11 Å². The van der Waals surface area contributed by atoms with E-state index >= 15 is 0 Å². The van der Waals surface area contributed by atoms with Crippen LogP contribution in [0.25, 0.3) is 0 Å². The van der Waals surface area contributed by atoms with Crippen LogP contribution in [0.1, 0.15) is 37.5 Å². The summed E-state index contributed by atoms with van der Waals surface area (Å²) in [6, 6.07) is 37.9. The average Bonchev–Trinajstić information content (AvgIpc) is 3.12. The highest BCUT2D eigenvalue weighted by Crippen LogP contribution is 2.22. The monoisotopic (exact) mass is 613 g/mol. The van der Waals surface area contributed by atoms with Crippen LogP contribution in [0.3, 0.4) is 0 Å². The van der Waals surface area contributed by atoms with E-state index in [0.29, 0.717) is 47.8 Å². The summed E-state index contributed by atoms with van der Waals surface area (Å²) in [5, 5.41) is 3.23. The van der Waals surface area contributed by atoms with Crippen molar-refractivity contribution in [1.29, 1.82) is 0 Å². The van der Waals surface area contributed by atoms with Crippen molar-refractivity contribution in [2.45, 2.75) is 19.0 Å². The molecule has 8 nitrogen and oxygen atoms in total. The summed E-state index contributed by atoms with van der Waals surface area (Å²) in [6.45, 7) is 1.07. The Hall–Kier alpha value is -5.76. The number of carbonyl (C=O) groups excluding carboxylic acids is 3. The Morgan fingerprint density at radius 3 is 2.13 bits per heavy atom. The number of pyridine rings is 1. The highest BCUT2D eigenvalue weighted by molar-refractivity contribution is 6.12. The lowest BCUT2D eigenvalue weighted by Gasteiger charge is -2.23. The molecule has 5 rings (SSSR count). The maximum Gasteiger partial charge on any atom is 0.328 e. The van der Waals surface area contributed by atoms with Gasteiger partial charge in [-0.15, -0.1) is 0 Å². The highest BCUT2D eigenvalue weighted by atomic mass is 16.5. The third-order valence-electron chi connectivity index (χ3n) is 7.40. The number of amides is 1. The molecule has 1 atom stereocenters. The number of para-hydroxylation sites is 1. The number of nitrogens with zero attached hydrogens (tertiary/aromatic N) is 2. The van der Waals surface area contributed by atoms with Gasteiger partial charge in [0.15, 0.2) is 5.78 Å². The van der Waals surface area contributed by atoms with E-state index in [0.717, 1.165) is 11.1 Å². The molecule has 0 spiro atoms. The van der Waals surface area contributed by atoms with Crippen LogP contribution in [0.4, 0.5) is 5.69 Å². The van der Waals surface area contributed by atoms with Gasteiger partial charge in [0.1, 0.15) is 24.1 Å². The first kappa shape index (κ1) is 31.7. The Morgan fingerprint density at radius 2 is 1.43 bits per heavy atom. The predicted octanol–water partition coefficient (Wildman–Crippen LogP) is 6.23. The molecular formula is C38H35N3O5. The van der Waals surface area contributed by atoms with Gasteiger partial charge in [-0.05, 0) is 47.5 Å². The molecule has 1 amide bonds. The van der Waals surface area contributed by atoms with E-state index in [-0.39, 0.29) is 18.3 Å². The largest absolute Gasteiger partial charge is 0.492 e. The van der Waals surface area contributed by atoms with Gasteiger partial charge in [-0.1, -0.05) is 91.0 Å². The summed E-state index contributed by atoms with van der Waals surface area (Å²) in [4.78, 5) is 45.2. The Bertz CT molecular complexity index is 1730. The lowest BCUT2D eigenvalue weighted by molar-refractivity contribution is -0.141. The van der Waals surface area contributed by atoms with Crippen LogP contribution in [-0.2, 0) is 22.5 Å². The number of nitrogens with one attached hydrogen (secondary N) is 1. The zero-order chi connectivity index (χ0) is 32.1. The second-order valence-corrected chi connectivity index (χ2v) is 10.6. The molecule has 0 saturated carbocycles.